The summed E-state index contributed by atoms with van der Waals surface area (Å²) in [5.74, 6) is -0.134. The fraction of sp³-hybridized carbons (Fsp3) is 1.00. The van der Waals surface area contributed by atoms with Gasteiger partial charge in [-0.3, -0.25) is 0 Å². The van der Waals surface area contributed by atoms with E-state index in [-0.39, 0.29) is 16.6 Å². The predicted molar refractivity (Wildman–Crippen MR) is 58.5 cm³/mol. The first-order valence-electron chi connectivity index (χ1n) is 4.94. The van der Waals surface area contributed by atoms with E-state index in [2.05, 4.69) is 0 Å². The van der Waals surface area contributed by atoms with E-state index in [1.165, 1.54) is 0 Å². The van der Waals surface area contributed by atoms with Crippen LogP contribution >= 0.6 is 11.6 Å². The van der Waals surface area contributed by atoms with E-state index in [9.17, 15) is 21.6 Å². The Morgan fingerprint density at radius 1 is 1.24 bits per heavy atom. The van der Waals surface area contributed by atoms with Crippen molar-refractivity contribution in [2.75, 3.05) is 31.3 Å². The zero-order valence-electron chi connectivity index (χ0n) is 9.08. The zero-order valence-corrected chi connectivity index (χ0v) is 10.7. The van der Waals surface area contributed by atoms with Gasteiger partial charge in [0.15, 0.2) is 0 Å². The molecule has 0 aromatic heterocycles. The molecule has 0 unspecified atom stereocenters. The van der Waals surface area contributed by atoms with Crippen LogP contribution in [0.25, 0.3) is 0 Å². The van der Waals surface area contributed by atoms with Gasteiger partial charge in [-0.25, -0.2) is 8.42 Å². The van der Waals surface area contributed by atoms with E-state index in [1.807, 2.05) is 0 Å². The van der Waals surface area contributed by atoms with Gasteiger partial charge in [-0.05, 0) is 12.8 Å². The van der Waals surface area contributed by atoms with Crippen LogP contribution in [0.15, 0.2) is 0 Å². The van der Waals surface area contributed by atoms with Crippen molar-refractivity contribution in [2.45, 2.75) is 19.0 Å². The van der Waals surface area contributed by atoms with E-state index in [0.717, 1.165) is 0 Å². The average Bonchev–Trinajstić information content (AvgIpc) is 2.15. The molecule has 0 heterocycles. The van der Waals surface area contributed by atoms with Crippen molar-refractivity contribution in [1.82, 2.24) is 4.31 Å². The van der Waals surface area contributed by atoms with Gasteiger partial charge in [0.1, 0.15) is 6.54 Å². The second-order valence-electron chi connectivity index (χ2n) is 3.38. The number of hydrogen-bond acceptors (Lipinski definition) is 3. The number of aliphatic hydroxyl groups is 1. The van der Waals surface area contributed by atoms with Crippen molar-refractivity contribution >= 4 is 21.6 Å². The molecule has 0 atom stereocenters. The molecule has 0 aliphatic carbocycles. The smallest absolute Gasteiger partial charge is 0.395 e. The maximum atomic E-state index is 12.1. The third-order valence-electron chi connectivity index (χ3n) is 1.88. The van der Waals surface area contributed by atoms with Gasteiger partial charge in [0.2, 0.25) is 10.0 Å². The lowest BCUT2D eigenvalue weighted by Gasteiger charge is -2.22. The Morgan fingerprint density at radius 2 is 1.82 bits per heavy atom. The lowest BCUT2D eigenvalue weighted by molar-refractivity contribution is -0.136. The molecule has 0 aliphatic heterocycles. The summed E-state index contributed by atoms with van der Waals surface area (Å²) >= 11 is 5.35. The minimum Gasteiger partial charge on any atom is -0.395 e. The number of alkyl halides is 4. The van der Waals surface area contributed by atoms with Crippen LogP contribution < -0.4 is 0 Å². The van der Waals surface area contributed by atoms with Gasteiger partial charge in [-0.15, -0.1) is 11.6 Å². The normalized spacial score (nSPS) is 13.3. The Labute approximate surface area is 103 Å². The molecular formula is C8H15ClF3NO3S. The molecule has 0 rings (SSSR count). The Morgan fingerprint density at radius 3 is 2.24 bits per heavy atom. The van der Waals surface area contributed by atoms with Crippen molar-refractivity contribution in [3.05, 3.63) is 0 Å². The molecule has 0 aromatic carbocycles. The molecule has 0 aliphatic rings. The number of sulfonamides is 1. The number of unbranched alkanes of at least 4 members (excludes halogenated alkanes) is 1. The number of aliphatic hydroxyl groups excluding tert-OH is 1. The summed E-state index contributed by atoms with van der Waals surface area (Å²) in [6.45, 7) is -2.77. The SMILES string of the molecule is O=S(=O)(CCCCCl)N(CCO)CC(F)(F)F. The van der Waals surface area contributed by atoms with E-state index in [4.69, 9.17) is 16.7 Å². The minimum absolute atomic E-state index is 0.200. The molecule has 0 spiro atoms. The standard InChI is InChI=1S/C8H15ClF3NO3S/c9-3-1-2-6-17(15,16)13(4-5-14)7-8(10,11)12/h14H,1-7H2. The van der Waals surface area contributed by atoms with Crippen LogP contribution in [0.3, 0.4) is 0 Å². The van der Waals surface area contributed by atoms with Crippen molar-refractivity contribution in [1.29, 1.82) is 0 Å². The minimum atomic E-state index is -4.62. The molecule has 104 valence electrons. The molecule has 0 saturated heterocycles. The summed E-state index contributed by atoms with van der Waals surface area (Å²) in [5, 5.41) is 8.57. The molecule has 9 heteroatoms. The van der Waals surface area contributed by atoms with Gasteiger partial charge in [0.05, 0.1) is 12.4 Å². The highest BCUT2D eigenvalue weighted by Crippen LogP contribution is 2.19. The summed E-state index contributed by atoms with van der Waals surface area (Å²) in [6, 6.07) is 0. The van der Waals surface area contributed by atoms with E-state index in [0.29, 0.717) is 6.42 Å². The lowest BCUT2D eigenvalue weighted by Crippen LogP contribution is -2.41. The van der Waals surface area contributed by atoms with Crippen LogP contribution in [-0.4, -0.2) is 55.3 Å². The Hall–Kier alpha value is -0.0500. The van der Waals surface area contributed by atoms with Crippen molar-refractivity contribution in [3.63, 3.8) is 0 Å². The predicted octanol–water partition coefficient (Wildman–Crippen LogP) is 1.19. The molecule has 1 N–H and O–H groups in total. The fourth-order valence-corrected chi connectivity index (χ4v) is 2.86. The first-order valence-corrected chi connectivity index (χ1v) is 7.08. The molecule has 17 heavy (non-hydrogen) atoms. The fourth-order valence-electron chi connectivity index (χ4n) is 1.14. The van der Waals surface area contributed by atoms with Crippen LogP contribution in [0.2, 0.25) is 0 Å². The first kappa shape index (κ1) is 16.9. The number of hydrogen-bond donors (Lipinski definition) is 1. The second-order valence-corrected chi connectivity index (χ2v) is 5.85. The Balaban J connectivity index is 4.56. The summed E-state index contributed by atoms with van der Waals surface area (Å²) in [7, 11) is -4.00. The van der Waals surface area contributed by atoms with Gasteiger partial charge < -0.3 is 5.11 Å². The first-order chi connectivity index (χ1) is 7.73. The van der Waals surface area contributed by atoms with Gasteiger partial charge in [-0.1, -0.05) is 0 Å². The molecule has 0 bridgehead atoms. The number of nitrogens with zero attached hydrogens (tertiary/aromatic N) is 1. The highest BCUT2D eigenvalue weighted by molar-refractivity contribution is 7.89. The quantitative estimate of drug-likeness (QED) is 0.541. The van der Waals surface area contributed by atoms with E-state index in [1.54, 1.807) is 0 Å². The van der Waals surface area contributed by atoms with E-state index < -0.39 is 41.6 Å². The number of rotatable bonds is 8. The van der Waals surface area contributed by atoms with E-state index >= 15 is 0 Å². The summed E-state index contributed by atoms with van der Waals surface area (Å²) < 4.78 is 59.8. The van der Waals surface area contributed by atoms with Crippen LogP contribution in [0.4, 0.5) is 13.2 Å². The maximum Gasteiger partial charge on any atom is 0.402 e. The highest BCUT2D eigenvalue weighted by atomic mass is 35.5. The molecule has 0 radical (unpaired) electrons. The molecule has 4 nitrogen and oxygen atoms in total. The second kappa shape index (κ2) is 7.40. The third-order valence-corrected chi connectivity index (χ3v) is 4.05. The van der Waals surface area contributed by atoms with Crippen LogP contribution in [0.5, 0.6) is 0 Å². The number of halogens is 4. The average molecular weight is 298 g/mol. The van der Waals surface area contributed by atoms with Gasteiger partial charge >= 0.3 is 6.18 Å². The van der Waals surface area contributed by atoms with Crippen LogP contribution in [0, 0.1) is 0 Å². The monoisotopic (exact) mass is 297 g/mol. The maximum absolute atomic E-state index is 12.1. The van der Waals surface area contributed by atoms with Gasteiger partial charge in [-0.2, -0.15) is 17.5 Å². The topological polar surface area (TPSA) is 57.6 Å². The summed E-state index contributed by atoms with van der Waals surface area (Å²) in [4.78, 5) is 0. The zero-order chi connectivity index (χ0) is 13.5. The molecule has 0 saturated carbocycles. The third kappa shape index (κ3) is 7.80. The molecule has 0 aromatic rings. The Kier molecular flexibility index (Phi) is 7.38. The van der Waals surface area contributed by atoms with Crippen LogP contribution in [0.1, 0.15) is 12.8 Å². The van der Waals surface area contributed by atoms with Crippen molar-refractivity contribution < 1.29 is 26.7 Å². The highest BCUT2D eigenvalue weighted by Gasteiger charge is 2.35. The lowest BCUT2D eigenvalue weighted by atomic mass is 10.4. The molecule has 0 amide bonds. The van der Waals surface area contributed by atoms with Gasteiger partial charge in [0.25, 0.3) is 0 Å². The molecular weight excluding hydrogens is 283 g/mol. The van der Waals surface area contributed by atoms with Crippen molar-refractivity contribution in [2.24, 2.45) is 0 Å². The van der Waals surface area contributed by atoms with Crippen LogP contribution in [-0.2, 0) is 10.0 Å². The Bertz CT molecular complexity index is 308. The van der Waals surface area contributed by atoms with Crippen molar-refractivity contribution in [3.8, 4) is 0 Å². The molecule has 0 fully saturated rings. The summed E-state index contributed by atoms with van der Waals surface area (Å²) in [6.07, 6.45) is -4.00. The largest absolute Gasteiger partial charge is 0.402 e. The summed E-state index contributed by atoms with van der Waals surface area (Å²) in [5.41, 5.74) is 0. The van der Waals surface area contributed by atoms with Gasteiger partial charge in [0, 0.05) is 12.4 Å².